The van der Waals surface area contributed by atoms with E-state index in [2.05, 4.69) is 17.0 Å². The average Bonchev–Trinajstić information content (AvgIpc) is 2.63. The fourth-order valence-electron chi connectivity index (χ4n) is 3.75. The van der Waals surface area contributed by atoms with Crippen LogP contribution in [0, 0.1) is 5.92 Å². The van der Waals surface area contributed by atoms with Gasteiger partial charge in [0, 0.05) is 19.6 Å². The molecule has 0 radical (unpaired) electrons. The Kier molecular flexibility index (Phi) is 6.10. The molecular weight excluding hydrogens is 304 g/mol. The third-order valence-corrected chi connectivity index (χ3v) is 5.03. The minimum absolute atomic E-state index is 0.247. The molecule has 1 amide bonds. The van der Waals surface area contributed by atoms with Gasteiger partial charge < -0.3 is 14.4 Å². The minimum atomic E-state index is 0.247. The predicted octanol–water partition coefficient (Wildman–Crippen LogP) is 1.81. The molecule has 1 aromatic carbocycles. The number of rotatable bonds is 5. The molecule has 5 heteroatoms. The van der Waals surface area contributed by atoms with Gasteiger partial charge in [-0.2, -0.15) is 0 Å². The van der Waals surface area contributed by atoms with Crippen LogP contribution in [0.3, 0.4) is 0 Å². The molecule has 24 heavy (non-hydrogen) atoms. The maximum absolute atomic E-state index is 12.4. The fourth-order valence-corrected chi connectivity index (χ4v) is 3.75. The van der Waals surface area contributed by atoms with E-state index in [0.717, 1.165) is 44.8 Å². The Morgan fingerprint density at radius 1 is 1.25 bits per heavy atom. The molecule has 0 unspecified atom stereocenters. The van der Waals surface area contributed by atoms with Gasteiger partial charge in [-0.15, -0.1) is 0 Å². The number of piperidine rings is 1. The zero-order chi connectivity index (χ0) is 16.8. The van der Waals surface area contributed by atoms with Crippen molar-refractivity contribution >= 4 is 5.91 Å². The van der Waals surface area contributed by atoms with E-state index < -0.39 is 0 Å². The molecule has 2 heterocycles. The van der Waals surface area contributed by atoms with Crippen LogP contribution in [0.25, 0.3) is 0 Å². The van der Waals surface area contributed by atoms with E-state index in [0.29, 0.717) is 25.7 Å². The second-order valence-corrected chi connectivity index (χ2v) is 6.75. The van der Waals surface area contributed by atoms with Crippen molar-refractivity contribution in [3.8, 4) is 5.75 Å². The summed E-state index contributed by atoms with van der Waals surface area (Å²) < 4.78 is 10.8. The second kappa shape index (κ2) is 8.49. The first-order valence-corrected chi connectivity index (χ1v) is 8.96. The van der Waals surface area contributed by atoms with E-state index in [9.17, 15) is 4.79 Å². The fraction of sp³-hybridized carbons (Fsp3) is 0.632. The number of benzene rings is 1. The van der Waals surface area contributed by atoms with Crippen molar-refractivity contribution in [1.82, 2.24) is 9.80 Å². The topological polar surface area (TPSA) is 42.0 Å². The van der Waals surface area contributed by atoms with E-state index in [1.807, 2.05) is 17.0 Å². The number of likely N-dealkylation sites (tertiary alicyclic amines) is 1. The number of nitrogens with zero attached hydrogens (tertiary/aromatic N) is 2. The number of amides is 1. The molecule has 0 aliphatic carbocycles. The minimum Gasteiger partial charge on any atom is -0.496 e. The lowest BCUT2D eigenvalue weighted by molar-refractivity contribution is -0.136. The summed E-state index contributed by atoms with van der Waals surface area (Å²) in [6.07, 6.45) is 3.41. The smallest absolute Gasteiger partial charge is 0.236 e. The SMILES string of the molecule is COc1ccccc1C[C@@H]1CCCN(CC(=O)N2CCOCC2)C1. The van der Waals surface area contributed by atoms with Gasteiger partial charge in [-0.25, -0.2) is 0 Å². The average molecular weight is 332 g/mol. The summed E-state index contributed by atoms with van der Waals surface area (Å²) in [7, 11) is 1.73. The summed E-state index contributed by atoms with van der Waals surface area (Å²) in [5.74, 6) is 1.81. The summed E-state index contributed by atoms with van der Waals surface area (Å²) in [5.41, 5.74) is 1.27. The molecule has 3 rings (SSSR count). The highest BCUT2D eigenvalue weighted by atomic mass is 16.5. The number of hydrogen-bond donors (Lipinski definition) is 0. The van der Waals surface area contributed by atoms with Crippen molar-refractivity contribution in [3.63, 3.8) is 0 Å². The molecule has 0 bridgehead atoms. The van der Waals surface area contributed by atoms with Crippen molar-refractivity contribution in [1.29, 1.82) is 0 Å². The van der Waals surface area contributed by atoms with Crippen LogP contribution >= 0.6 is 0 Å². The molecule has 1 atom stereocenters. The number of methoxy groups -OCH3 is 1. The molecule has 0 aromatic heterocycles. The molecule has 5 nitrogen and oxygen atoms in total. The summed E-state index contributed by atoms with van der Waals surface area (Å²) in [4.78, 5) is 16.7. The summed E-state index contributed by atoms with van der Waals surface area (Å²) in [6.45, 7) is 5.37. The van der Waals surface area contributed by atoms with Crippen molar-refractivity contribution in [2.75, 3.05) is 53.0 Å². The zero-order valence-electron chi connectivity index (χ0n) is 14.6. The van der Waals surface area contributed by atoms with E-state index in [-0.39, 0.29) is 5.91 Å². The molecule has 1 aromatic rings. The maximum Gasteiger partial charge on any atom is 0.236 e. The third kappa shape index (κ3) is 4.48. The summed E-state index contributed by atoms with van der Waals surface area (Å²) in [5, 5.41) is 0. The molecule has 2 saturated heterocycles. The quantitative estimate of drug-likeness (QED) is 0.825. The van der Waals surface area contributed by atoms with Crippen LogP contribution in [0.4, 0.5) is 0 Å². The lowest BCUT2D eigenvalue weighted by atomic mass is 9.91. The van der Waals surface area contributed by atoms with Gasteiger partial charge in [0.2, 0.25) is 5.91 Å². The summed E-state index contributed by atoms with van der Waals surface area (Å²) >= 11 is 0. The number of para-hydroxylation sites is 1. The molecule has 0 saturated carbocycles. The first-order valence-electron chi connectivity index (χ1n) is 8.96. The van der Waals surface area contributed by atoms with Gasteiger partial charge in [0.1, 0.15) is 5.75 Å². The Hall–Kier alpha value is -1.59. The highest BCUT2D eigenvalue weighted by Gasteiger charge is 2.25. The Balaban J connectivity index is 1.53. The van der Waals surface area contributed by atoms with Gasteiger partial charge in [0.25, 0.3) is 0 Å². The molecule has 2 aliphatic rings. The van der Waals surface area contributed by atoms with Crippen molar-refractivity contribution in [3.05, 3.63) is 29.8 Å². The van der Waals surface area contributed by atoms with Gasteiger partial charge in [-0.1, -0.05) is 18.2 Å². The first-order chi connectivity index (χ1) is 11.8. The normalized spacial score (nSPS) is 22.4. The number of ether oxygens (including phenoxy) is 2. The van der Waals surface area contributed by atoms with Crippen LogP contribution < -0.4 is 4.74 Å². The lowest BCUT2D eigenvalue weighted by Crippen LogP contribution is -2.47. The highest BCUT2D eigenvalue weighted by Crippen LogP contribution is 2.26. The number of morpholine rings is 1. The zero-order valence-corrected chi connectivity index (χ0v) is 14.6. The van der Waals surface area contributed by atoms with E-state index in [1.54, 1.807) is 7.11 Å². The molecule has 132 valence electrons. The lowest BCUT2D eigenvalue weighted by Gasteiger charge is -2.35. The Bertz CT molecular complexity index is 543. The van der Waals surface area contributed by atoms with E-state index >= 15 is 0 Å². The standard InChI is InChI=1S/C19H28N2O3/c1-23-18-7-3-2-6-17(18)13-16-5-4-8-20(14-16)15-19(22)21-9-11-24-12-10-21/h2-3,6-7,16H,4-5,8-15H2,1H3/t16-/m0/s1. The van der Waals surface area contributed by atoms with Crippen LogP contribution in [0.2, 0.25) is 0 Å². The van der Waals surface area contributed by atoms with Crippen LogP contribution in [-0.4, -0.2) is 68.8 Å². The Morgan fingerprint density at radius 2 is 2.04 bits per heavy atom. The summed E-state index contributed by atoms with van der Waals surface area (Å²) in [6, 6.07) is 8.26. The van der Waals surface area contributed by atoms with Crippen molar-refractivity contribution in [2.24, 2.45) is 5.92 Å². The predicted molar refractivity (Wildman–Crippen MR) is 93.3 cm³/mol. The van der Waals surface area contributed by atoms with Gasteiger partial charge >= 0.3 is 0 Å². The number of carbonyl (C=O) groups is 1. The first kappa shape index (κ1) is 17.2. The van der Waals surface area contributed by atoms with E-state index in [4.69, 9.17) is 9.47 Å². The van der Waals surface area contributed by atoms with Gasteiger partial charge in [0.15, 0.2) is 0 Å². The van der Waals surface area contributed by atoms with Crippen LogP contribution in [0.1, 0.15) is 18.4 Å². The number of carbonyl (C=O) groups excluding carboxylic acids is 1. The monoisotopic (exact) mass is 332 g/mol. The van der Waals surface area contributed by atoms with Gasteiger partial charge in [0.05, 0.1) is 26.9 Å². The molecule has 2 fully saturated rings. The van der Waals surface area contributed by atoms with Crippen LogP contribution in [0.5, 0.6) is 5.75 Å². The van der Waals surface area contributed by atoms with E-state index in [1.165, 1.54) is 12.0 Å². The highest BCUT2D eigenvalue weighted by molar-refractivity contribution is 5.78. The van der Waals surface area contributed by atoms with Crippen LogP contribution in [-0.2, 0) is 16.0 Å². The molecule has 2 aliphatic heterocycles. The Labute approximate surface area is 144 Å². The molecule has 0 N–H and O–H groups in total. The molecule has 0 spiro atoms. The van der Waals surface area contributed by atoms with Gasteiger partial charge in [-0.05, 0) is 43.4 Å². The largest absolute Gasteiger partial charge is 0.496 e. The molecular formula is C19H28N2O3. The maximum atomic E-state index is 12.4. The Morgan fingerprint density at radius 3 is 2.83 bits per heavy atom. The van der Waals surface area contributed by atoms with Crippen molar-refractivity contribution in [2.45, 2.75) is 19.3 Å². The van der Waals surface area contributed by atoms with Gasteiger partial charge in [-0.3, -0.25) is 9.69 Å². The number of hydrogen-bond acceptors (Lipinski definition) is 4. The van der Waals surface area contributed by atoms with Crippen molar-refractivity contribution < 1.29 is 14.3 Å². The third-order valence-electron chi connectivity index (χ3n) is 5.03. The second-order valence-electron chi connectivity index (χ2n) is 6.75. The van der Waals surface area contributed by atoms with Crippen LogP contribution in [0.15, 0.2) is 24.3 Å².